The first-order valence-corrected chi connectivity index (χ1v) is 5.94. The van der Waals surface area contributed by atoms with Gasteiger partial charge in [-0.2, -0.15) is 18.3 Å². The van der Waals surface area contributed by atoms with Crippen LogP contribution >= 0.6 is 0 Å². The molecule has 0 saturated heterocycles. The molecule has 2 rings (SSSR count). The van der Waals surface area contributed by atoms with Gasteiger partial charge in [-0.15, -0.1) is 0 Å². The maximum atomic E-state index is 12.6. The fourth-order valence-electron chi connectivity index (χ4n) is 1.74. The van der Waals surface area contributed by atoms with E-state index in [0.29, 0.717) is 0 Å². The summed E-state index contributed by atoms with van der Waals surface area (Å²) in [7, 11) is 3.15. The Morgan fingerprint density at radius 2 is 1.95 bits per heavy atom. The van der Waals surface area contributed by atoms with Crippen molar-refractivity contribution in [1.29, 1.82) is 0 Å². The molecular formula is C13H13F3N4O. The molecule has 0 bridgehead atoms. The predicted molar refractivity (Wildman–Crippen MR) is 71.0 cm³/mol. The van der Waals surface area contributed by atoms with Crippen LogP contribution in [0.1, 0.15) is 16.1 Å². The van der Waals surface area contributed by atoms with Gasteiger partial charge in [0.05, 0.1) is 16.9 Å². The molecule has 2 aromatic rings. The number of benzene rings is 1. The highest BCUT2D eigenvalue weighted by atomic mass is 19.4. The average molecular weight is 298 g/mol. The van der Waals surface area contributed by atoms with Gasteiger partial charge in [0.2, 0.25) is 0 Å². The minimum Gasteiger partial charge on any atom is -0.397 e. The van der Waals surface area contributed by atoms with E-state index in [1.807, 2.05) is 0 Å². The summed E-state index contributed by atoms with van der Waals surface area (Å²) in [6.45, 7) is 0. The van der Waals surface area contributed by atoms with Gasteiger partial charge in [0.25, 0.3) is 5.91 Å². The van der Waals surface area contributed by atoms with E-state index >= 15 is 0 Å². The number of nitrogens with zero attached hydrogens (tertiary/aromatic N) is 3. The van der Waals surface area contributed by atoms with Crippen LogP contribution in [-0.2, 0) is 6.18 Å². The van der Waals surface area contributed by atoms with Crippen LogP contribution in [0.15, 0.2) is 30.5 Å². The second kappa shape index (κ2) is 5.12. The Hall–Kier alpha value is -2.51. The van der Waals surface area contributed by atoms with E-state index in [9.17, 15) is 18.0 Å². The molecule has 112 valence electrons. The Bertz CT molecular complexity index is 676. The second-order valence-corrected chi connectivity index (χ2v) is 4.62. The predicted octanol–water partition coefficient (Wildman–Crippen LogP) is 2.18. The Balaban J connectivity index is 2.37. The summed E-state index contributed by atoms with van der Waals surface area (Å²) in [5.74, 6) is -0.306. The summed E-state index contributed by atoms with van der Waals surface area (Å²) in [5, 5.41) is 4.02. The number of aromatic nitrogens is 2. The molecule has 1 amide bonds. The van der Waals surface area contributed by atoms with Gasteiger partial charge in [0.15, 0.2) is 5.69 Å². The third-order valence-corrected chi connectivity index (χ3v) is 2.82. The van der Waals surface area contributed by atoms with Crippen LogP contribution in [0, 0.1) is 0 Å². The summed E-state index contributed by atoms with van der Waals surface area (Å²) in [4.78, 5) is 13.1. The summed E-state index contributed by atoms with van der Waals surface area (Å²) in [6, 6.07) is 4.44. The van der Waals surface area contributed by atoms with E-state index in [0.717, 1.165) is 12.1 Å². The first-order chi connectivity index (χ1) is 9.70. The number of amides is 1. The van der Waals surface area contributed by atoms with Crippen molar-refractivity contribution in [3.63, 3.8) is 0 Å². The number of rotatable bonds is 2. The van der Waals surface area contributed by atoms with Crippen LogP contribution in [0.4, 0.5) is 18.9 Å². The lowest BCUT2D eigenvalue weighted by atomic mass is 10.1. The van der Waals surface area contributed by atoms with Crippen LogP contribution in [0.3, 0.4) is 0 Å². The molecule has 0 fully saturated rings. The molecule has 0 spiro atoms. The van der Waals surface area contributed by atoms with Crippen LogP contribution in [0.25, 0.3) is 5.69 Å². The van der Waals surface area contributed by atoms with Gasteiger partial charge in [-0.05, 0) is 24.3 Å². The summed E-state index contributed by atoms with van der Waals surface area (Å²) in [6.07, 6.45) is -2.99. The number of hydrogen-bond donors (Lipinski definition) is 1. The molecule has 1 heterocycles. The molecule has 1 aromatic carbocycles. The van der Waals surface area contributed by atoms with Crippen LogP contribution in [0.2, 0.25) is 0 Å². The molecule has 0 aliphatic carbocycles. The van der Waals surface area contributed by atoms with Gasteiger partial charge >= 0.3 is 6.18 Å². The van der Waals surface area contributed by atoms with Gasteiger partial charge < -0.3 is 10.6 Å². The highest BCUT2D eigenvalue weighted by molar-refractivity contribution is 5.91. The number of nitrogens with two attached hydrogens (primary N) is 1. The zero-order valence-electron chi connectivity index (χ0n) is 11.3. The second-order valence-electron chi connectivity index (χ2n) is 4.62. The zero-order valence-corrected chi connectivity index (χ0v) is 11.3. The van der Waals surface area contributed by atoms with Gasteiger partial charge in [-0.1, -0.05) is 0 Å². The first kappa shape index (κ1) is 14.9. The molecule has 0 atom stereocenters. The number of carbonyl (C=O) groups is 1. The SMILES string of the molecule is CN(C)C(=O)c1ccn(-c2ccc(C(F)(F)F)cc2N)n1. The molecule has 21 heavy (non-hydrogen) atoms. The lowest BCUT2D eigenvalue weighted by Gasteiger charge is -2.11. The van der Waals surface area contributed by atoms with E-state index < -0.39 is 11.7 Å². The summed E-state index contributed by atoms with van der Waals surface area (Å²) < 4.78 is 39.0. The van der Waals surface area contributed by atoms with Crippen molar-refractivity contribution in [3.05, 3.63) is 41.7 Å². The van der Waals surface area contributed by atoms with Crippen molar-refractivity contribution in [2.75, 3.05) is 19.8 Å². The van der Waals surface area contributed by atoms with Crippen molar-refractivity contribution >= 4 is 11.6 Å². The smallest absolute Gasteiger partial charge is 0.397 e. The molecule has 0 radical (unpaired) electrons. The Morgan fingerprint density at radius 1 is 1.29 bits per heavy atom. The number of anilines is 1. The molecule has 1 aromatic heterocycles. The first-order valence-electron chi connectivity index (χ1n) is 5.94. The molecule has 5 nitrogen and oxygen atoms in total. The monoisotopic (exact) mass is 298 g/mol. The van der Waals surface area contributed by atoms with E-state index in [4.69, 9.17) is 5.73 Å². The Labute approximate surface area is 118 Å². The fraction of sp³-hybridized carbons (Fsp3) is 0.231. The summed E-state index contributed by atoms with van der Waals surface area (Å²) in [5.41, 5.74) is 5.19. The topological polar surface area (TPSA) is 64.2 Å². The molecular weight excluding hydrogens is 285 g/mol. The number of nitrogen functional groups attached to an aromatic ring is 1. The van der Waals surface area contributed by atoms with Crippen molar-refractivity contribution in [2.24, 2.45) is 0 Å². The number of hydrogen-bond acceptors (Lipinski definition) is 3. The largest absolute Gasteiger partial charge is 0.416 e. The molecule has 0 saturated carbocycles. The lowest BCUT2D eigenvalue weighted by Crippen LogP contribution is -2.22. The van der Waals surface area contributed by atoms with Crippen LogP contribution in [0.5, 0.6) is 0 Å². The minimum absolute atomic E-state index is 0.0724. The summed E-state index contributed by atoms with van der Waals surface area (Å²) >= 11 is 0. The average Bonchev–Trinajstić information content (AvgIpc) is 2.85. The third-order valence-electron chi connectivity index (χ3n) is 2.82. The Morgan fingerprint density at radius 3 is 2.48 bits per heavy atom. The third kappa shape index (κ3) is 2.99. The minimum atomic E-state index is -4.46. The van der Waals surface area contributed by atoms with Crippen molar-refractivity contribution in [2.45, 2.75) is 6.18 Å². The van der Waals surface area contributed by atoms with Crippen molar-refractivity contribution in [1.82, 2.24) is 14.7 Å². The molecule has 8 heteroatoms. The van der Waals surface area contributed by atoms with Gasteiger partial charge in [0.1, 0.15) is 0 Å². The van der Waals surface area contributed by atoms with E-state index in [2.05, 4.69) is 5.10 Å². The van der Waals surface area contributed by atoms with Gasteiger partial charge in [-0.3, -0.25) is 4.79 Å². The van der Waals surface area contributed by atoms with Gasteiger partial charge in [-0.25, -0.2) is 4.68 Å². The number of carbonyl (C=O) groups excluding carboxylic acids is 1. The molecule has 2 N–H and O–H groups in total. The molecule has 0 aliphatic heterocycles. The zero-order chi connectivity index (χ0) is 15.8. The molecule has 0 unspecified atom stereocenters. The number of halogens is 3. The van der Waals surface area contributed by atoms with E-state index in [-0.39, 0.29) is 23.0 Å². The van der Waals surface area contributed by atoms with E-state index in [1.165, 1.54) is 27.9 Å². The standard InChI is InChI=1S/C13H13F3N4O/c1-19(2)12(21)10-5-6-20(18-10)11-4-3-8(7-9(11)17)13(14,15)16/h3-7H,17H2,1-2H3. The van der Waals surface area contributed by atoms with Crippen LogP contribution in [-0.4, -0.2) is 34.7 Å². The van der Waals surface area contributed by atoms with Gasteiger partial charge in [0, 0.05) is 20.3 Å². The highest BCUT2D eigenvalue weighted by Gasteiger charge is 2.31. The molecule has 0 aliphatic rings. The number of alkyl halides is 3. The maximum Gasteiger partial charge on any atom is 0.416 e. The van der Waals surface area contributed by atoms with Crippen molar-refractivity contribution in [3.8, 4) is 5.69 Å². The fourth-order valence-corrected chi connectivity index (χ4v) is 1.74. The highest BCUT2D eigenvalue weighted by Crippen LogP contribution is 2.32. The van der Waals surface area contributed by atoms with Crippen molar-refractivity contribution < 1.29 is 18.0 Å². The quantitative estimate of drug-likeness (QED) is 0.864. The van der Waals surface area contributed by atoms with E-state index in [1.54, 1.807) is 14.1 Å². The lowest BCUT2D eigenvalue weighted by molar-refractivity contribution is -0.137. The Kier molecular flexibility index (Phi) is 3.63. The maximum absolute atomic E-state index is 12.6. The normalized spacial score (nSPS) is 11.5. The van der Waals surface area contributed by atoms with Crippen LogP contribution < -0.4 is 5.73 Å².